The van der Waals surface area contributed by atoms with Gasteiger partial charge in [0.1, 0.15) is 0 Å². The van der Waals surface area contributed by atoms with Crippen LogP contribution in [-0.2, 0) is 18.6 Å². The Kier molecular flexibility index (Phi) is 10.7. The number of fused-ring (bicyclic) bond motifs is 4. The molecule has 2 fully saturated rings. The van der Waals surface area contributed by atoms with Crippen LogP contribution in [0, 0.1) is 13.8 Å². The molecule has 2 saturated heterocycles. The molecule has 69 heavy (non-hydrogen) atoms. The predicted molar refractivity (Wildman–Crippen MR) is 289 cm³/mol. The molecule has 0 saturated carbocycles. The van der Waals surface area contributed by atoms with Crippen LogP contribution in [0.1, 0.15) is 66.5 Å². The summed E-state index contributed by atoms with van der Waals surface area (Å²) in [6, 6.07) is 63.9. The van der Waals surface area contributed by atoms with E-state index in [-0.39, 0.29) is 0 Å². The first-order chi connectivity index (χ1) is 33.0. The first-order valence-corrected chi connectivity index (χ1v) is 24.2. The minimum atomic E-state index is -0.449. The minimum absolute atomic E-state index is 0.429. The molecule has 2 aliphatic heterocycles. The van der Waals surface area contributed by atoms with Gasteiger partial charge in [-0.25, -0.2) is 0 Å². The van der Waals surface area contributed by atoms with Gasteiger partial charge in [-0.3, -0.25) is 0 Å². The highest BCUT2D eigenvalue weighted by Gasteiger charge is 2.52. The summed E-state index contributed by atoms with van der Waals surface area (Å²) in [5.74, 6) is 0. The Morgan fingerprint density at radius 2 is 0.710 bits per heavy atom. The number of nitrogens with zero attached hydrogens (tertiary/aromatic N) is 3. The Bertz CT molecular complexity index is 3160. The van der Waals surface area contributed by atoms with E-state index < -0.39 is 36.6 Å². The zero-order valence-corrected chi connectivity index (χ0v) is 41.4. The van der Waals surface area contributed by atoms with Gasteiger partial charge in [-0.15, -0.1) is 0 Å². The third kappa shape index (κ3) is 7.82. The van der Waals surface area contributed by atoms with E-state index in [1.165, 1.54) is 21.9 Å². The molecule has 9 aromatic rings. The highest BCUT2D eigenvalue weighted by atomic mass is 16.7. The standard InChI is InChI=1S/C60H59B2N3O4/c1-40-18-26-45(27-19-40)63(47-30-22-43(23-31-47)61-66-57(3,4)58(5,6)67-61)49-34-36-55-52(38-49)53-39-50(35-37-56(53)65(55)54-17-13-15-42-14-11-12-16-51(42)54)64(46-28-20-41(2)21-29-46)48-32-24-44(25-33-48)62-68-59(7,8)60(9,10)69-62/h11-39H,1-10H3. The molecule has 344 valence electrons. The fourth-order valence-corrected chi connectivity index (χ4v) is 9.74. The summed E-state index contributed by atoms with van der Waals surface area (Å²) in [7, 11) is -0.898. The first kappa shape index (κ1) is 44.9. The number of aromatic nitrogens is 1. The highest BCUT2D eigenvalue weighted by molar-refractivity contribution is 6.62. The molecule has 0 radical (unpaired) electrons. The molecule has 0 unspecified atom stereocenters. The van der Waals surface area contributed by atoms with Crippen LogP contribution in [0.2, 0.25) is 0 Å². The summed E-state index contributed by atoms with van der Waals surface area (Å²) >= 11 is 0. The van der Waals surface area contributed by atoms with E-state index in [4.69, 9.17) is 18.6 Å². The maximum absolute atomic E-state index is 6.46. The van der Waals surface area contributed by atoms with Crippen molar-refractivity contribution in [1.29, 1.82) is 0 Å². The summed E-state index contributed by atoms with van der Waals surface area (Å²) < 4.78 is 28.3. The van der Waals surface area contributed by atoms with Crippen LogP contribution < -0.4 is 20.7 Å². The molecular formula is C60H59B2N3O4. The van der Waals surface area contributed by atoms with Crippen molar-refractivity contribution < 1.29 is 18.6 Å². The number of anilines is 6. The largest absolute Gasteiger partial charge is 0.494 e. The van der Waals surface area contributed by atoms with Gasteiger partial charge in [-0.05, 0) is 177 Å². The molecule has 0 atom stereocenters. The second-order valence-corrected chi connectivity index (χ2v) is 20.9. The Balaban J connectivity index is 1.08. The summed E-state index contributed by atoms with van der Waals surface area (Å²) in [4.78, 5) is 4.69. The van der Waals surface area contributed by atoms with Crippen molar-refractivity contribution in [3.05, 3.63) is 187 Å². The van der Waals surface area contributed by atoms with E-state index in [1.54, 1.807) is 0 Å². The Morgan fingerprint density at radius 3 is 1.12 bits per heavy atom. The van der Waals surface area contributed by atoms with Gasteiger partial charge < -0.3 is 33.0 Å². The first-order valence-electron chi connectivity index (χ1n) is 24.2. The Labute approximate surface area is 407 Å². The van der Waals surface area contributed by atoms with Crippen LogP contribution in [0.15, 0.2) is 176 Å². The van der Waals surface area contributed by atoms with Crippen LogP contribution in [-0.4, -0.2) is 41.2 Å². The van der Waals surface area contributed by atoms with Crippen molar-refractivity contribution in [3.63, 3.8) is 0 Å². The SMILES string of the molecule is Cc1ccc(N(c2ccc(B3OC(C)(C)C(C)(C)O3)cc2)c2ccc3c(c2)c2cc(N(c4ccc(C)cc4)c4ccc(B5OC(C)(C)C(C)(C)O5)cc4)ccc2n3-c2cccc3ccccc23)cc1. The maximum atomic E-state index is 6.46. The Hall–Kier alpha value is -6.61. The zero-order chi connectivity index (χ0) is 48.0. The second kappa shape index (κ2) is 16.5. The molecule has 0 spiro atoms. The highest BCUT2D eigenvalue weighted by Crippen LogP contribution is 2.44. The van der Waals surface area contributed by atoms with Gasteiger partial charge in [-0.1, -0.05) is 96.1 Å². The van der Waals surface area contributed by atoms with Crippen molar-refractivity contribution in [2.75, 3.05) is 9.80 Å². The molecule has 0 aliphatic carbocycles. The second-order valence-electron chi connectivity index (χ2n) is 20.9. The van der Waals surface area contributed by atoms with Crippen LogP contribution in [0.3, 0.4) is 0 Å². The normalized spacial score (nSPS) is 17.0. The molecule has 3 heterocycles. The molecule has 1 aromatic heterocycles. The molecule has 9 heteroatoms. The molecule has 0 bridgehead atoms. The van der Waals surface area contributed by atoms with Crippen LogP contribution in [0.4, 0.5) is 34.1 Å². The molecule has 8 aromatic carbocycles. The van der Waals surface area contributed by atoms with Gasteiger partial charge in [0, 0.05) is 50.3 Å². The lowest BCUT2D eigenvalue weighted by Crippen LogP contribution is -2.41. The summed E-state index contributed by atoms with van der Waals surface area (Å²) in [5, 5.41) is 4.67. The third-order valence-electron chi connectivity index (χ3n) is 15.2. The average molecular weight is 908 g/mol. The summed E-state index contributed by atoms with van der Waals surface area (Å²) in [6.07, 6.45) is 0. The fourth-order valence-electron chi connectivity index (χ4n) is 9.74. The number of rotatable bonds is 9. The van der Waals surface area contributed by atoms with Crippen molar-refractivity contribution in [3.8, 4) is 5.69 Å². The lowest BCUT2D eigenvalue weighted by molar-refractivity contribution is 0.00578. The van der Waals surface area contributed by atoms with Gasteiger partial charge in [0.05, 0.1) is 39.1 Å². The lowest BCUT2D eigenvalue weighted by Gasteiger charge is -2.32. The van der Waals surface area contributed by atoms with Crippen LogP contribution in [0.5, 0.6) is 0 Å². The molecule has 0 N–H and O–H groups in total. The van der Waals surface area contributed by atoms with Crippen molar-refractivity contribution >= 4 is 91.9 Å². The third-order valence-corrected chi connectivity index (χ3v) is 15.2. The quantitative estimate of drug-likeness (QED) is 0.135. The molecule has 2 aliphatic rings. The van der Waals surface area contributed by atoms with Gasteiger partial charge in [-0.2, -0.15) is 0 Å². The van der Waals surface area contributed by atoms with E-state index in [2.05, 4.69) is 260 Å². The van der Waals surface area contributed by atoms with Gasteiger partial charge in [0.2, 0.25) is 0 Å². The van der Waals surface area contributed by atoms with Crippen LogP contribution >= 0.6 is 0 Å². The van der Waals surface area contributed by atoms with E-state index in [0.717, 1.165) is 72.5 Å². The smallest absolute Gasteiger partial charge is 0.399 e. The fraction of sp³-hybridized carbons (Fsp3) is 0.233. The van der Waals surface area contributed by atoms with Crippen molar-refractivity contribution in [1.82, 2.24) is 4.57 Å². The maximum Gasteiger partial charge on any atom is 0.494 e. The number of hydrogen-bond donors (Lipinski definition) is 0. The monoisotopic (exact) mass is 907 g/mol. The molecule has 11 rings (SSSR count). The zero-order valence-electron chi connectivity index (χ0n) is 41.4. The molecule has 7 nitrogen and oxygen atoms in total. The van der Waals surface area contributed by atoms with Crippen molar-refractivity contribution in [2.24, 2.45) is 0 Å². The number of aryl methyl sites for hydroxylation is 2. The lowest BCUT2D eigenvalue weighted by atomic mass is 9.79. The average Bonchev–Trinajstić information content (AvgIpc) is 3.86. The Morgan fingerprint density at radius 1 is 0.362 bits per heavy atom. The van der Waals surface area contributed by atoms with E-state index >= 15 is 0 Å². The topological polar surface area (TPSA) is 48.3 Å². The number of benzene rings is 8. The molecular weight excluding hydrogens is 848 g/mol. The van der Waals surface area contributed by atoms with Crippen LogP contribution in [0.25, 0.3) is 38.3 Å². The van der Waals surface area contributed by atoms with E-state index in [0.29, 0.717) is 0 Å². The molecule has 0 amide bonds. The minimum Gasteiger partial charge on any atom is -0.399 e. The van der Waals surface area contributed by atoms with Crippen molar-refractivity contribution in [2.45, 2.75) is 91.6 Å². The van der Waals surface area contributed by atoms with E-state index in [9.17, 15) is 0 Å². The van der Waals surface area contributed by atoms with Gasteiger partial charge >= 0.3 is 14.2 Å². The summed E-state index contributed by atoms with van der Waals surface area (Å²) in [6.45, 7) is 21.0. The van der Waals surface area contributed by atoms with Gasteiger partial charge in [0.15, 0.2) is 0 Å². The summed E-state index contributed by atoms with van der Waals surface area (Å²) in [5.41, 5.74) is 12.3. The van der Waals surface area contributed by atoms with E-state index in [1.807, 2.05) is 0 Å². The number of hydrogen-bond acceptors (Lipinski definition) is 6. The van der Waals surface area contributed by atoms with Gasteiger partial charge in [0.25, 0.3) is 0 Å². The predicted octanol–water partition coefficient (Wildman–Crippen LogP) is 14.1.